The molecular formula is C10H13ClFN3O2. The molecule has 94 valence electrons. The molecule has 1 aliphatic rings. The lowest BCUT2D eigenvalue weighted by atomic mass is 10.0. The molecule has 0 spiro atoms. The van der Waals surface area contributed by atoms with Gasteiger partial charge in [-0.15, -0.1) is 12.4 Å². The molecule has 1 aromatic rings. The van der Waals surface area contributed by atoms with Crippen molar-refractivity contribution in [2.75, 3.05) is 19.6 Å². The average Bonchev–Trinajstić information content (AvgIpc) is 2.30. The summed E-state index contributed by atoms with van der Waals surface area (Å²) >= 11 is 0. The van der Waals surface area contributed by atoms with Crippen molar-refractivity contribution in [3.63, 3.8) is 0 Å². The number of non-ortho nitro benzene ring substituents is 1. The standard InChI is InChI=1S/C10H12FN3O2.ClH/c11-9-2-1-7(14(15)16)5-8(9)10-6-12-3-4-13-10;/h1-2,5,10,12-13H,3-4,6H2;1H/t10-;/m1./s1. The average molecular weight is 262 g/mol. The molecule has 2 N–H and O–H groups in total. The zero-order chi connectivity index (χ0) is 11.5. The normalized spacial score (nSPS) is 19.5. The van der Waals surface area contributed by atoms with Crippen molar-refractivity contribution >= 4 is 18.1 Å². The lowest BCUT2D eigenvalue weighted by Gasteiger charge is -2.24. The summed E-state index contributed by atoms with van der Waals surface area (Å²) in [4.78, 5) is 10.1. The highest BCUT2D eigenvalue weighted by molar-refractivity contribution is 5.85. The molecule has 1 atom stereocenters. The first-order valence-electron chi connectivity index (χ1n) is 5.06. The van der Waals surface area contributed by atoms with E-state index in [1.807, 2.05) is 0 Å². The molecule has 1 saturated heterocycles. The van der Waals surface area contributed by atoms with E-state index in [4.69, 9.17) is 0 Å². The highest BCUT2D eigenvalue weighted by Gasteiger charge is 2.20. The summed E-state index contributed by atoms with van der Waals surface area (Å²) in [5.41, 5.74) is 0.269. The molecule has 0 aromatic heterocycles. The van der Waals surface area contributed by atoms with E-state index in [1.165, 1.54) is 12.1 Å². The Hall–Kier alpha value is -1.24. The zero-order valence-corrected chi connectivity index (χ0v) is 9.80. The molecule has 17 heavy (non-hydrogen) atoms. The minimum absolute atomic E-state index is 0. The van der Waals surface area contributed by atoms with E-state index in [1.54, 1.807) is 0 Å². The van der Waals surface area contributed by atoms with Gasteiger partial charge in [-0.25, -0.2) is 4.39 Å². The van der Waals surface area contributed by atoms with Crippen LogP contribution in [-0.4, -0.2) is 24.6 Å². The van der Waals surface area contributed by atoms with Crippen molar-refractivity contribution in [1.29, 1.82) is 0 Å². The Morgan fingerprint density at radius 1 is 1.41 bits per heavy atom. The first-order chi connectivity index (χ1) is 7.68. The molecule has 0 saturated carbocycles. The van der Waals surface area contributed by atoms with Crippen LogP contribution in [0.4, 0.5) is 10.1 Å². The lowest BCUT2D eigenvalue weighted by molar-refractivity contribution is -0.385. The van der Waals surface area contributed by atoms with Gasteiger partial charge in [-0.3, -0.25) is 10.1 Å². The fourth-order valence-corrected chi connectivity index (χ4v) is 1.79. The summed E-state index contributed by atoms with van der Waals surface area (Å²) in [5, 5.41) is 16.8. The van der Waals surface area contributed by atoms with Crippen LogP contribution in [0, 0.1) is 15.9 Å². The highest BCUT2D eigenvalue weighted by atomic mass is 35.5. The molecule has 0 unspecified atom stereocenters. The van der Waals surface area contributed by atoms with Gasteiger partial charge in [0, 0.05) is 43.4 Å². The summed E-state index contributed by atoms with van der Waals surface area (Å²) in [6, 6.07) is 3.41. The van der Waals surface area contributed by atoms with Crippen molar-refractivity contribution in [1.82, 2.24) is 10.6 Å². The second-order valence-electron chi connectivity index (χ2n) is 3.67. The number of halogens is 2. The minimum atomic E-state index is -0.515. The van der Waals surface area contributed by atoms with Gasteiger partial charge in [-0.05, 0) is 6.07 Å². The third kappa shape index (κ3) is 3.12. The first kappa shape index (κ1) is 13.8. The Bertz CT molecular complexity index is 411. The summed E-state index contributed by atoms with van der Waals surface area (Å²) in [7, 11) is 0. The van der Waals surface area contributed by atoms with Gasteiger partial charge in [-0.1, -0.05) is 0 Å². The Balaban J connectivity index is 0.00000144. The molecule has 1 aliphatic heterocycles. The van der Waals surface area contributed by atoms with E-state index in [2.05, 4.69) is 10.6 Å². The van der Waals surface area contributed by atoms with Gasteiger partial charge in [0.1, 0.15) is 5.82 Å². The van der Waals surface area contributed by atoms with Gasteiger partial charge in [-0.2, -0.15) is 0 Å². The number of nitrogens with zero attached hydrogens (tertiary/aromatic N) is 1. The van der Waals surface area contributed by atoms with E-state index >= 15 is 0 Å². The third-order valence-corrected chi connectivity index (χ3v) is 2.61. The number of nitro benzene ring substituents is 1. The van der Waals surface area contributed by atoms with Crippen LogP contribution in [0.2, 0.25) is 0 Å². The molecule has 5 nitrogen and oxygen atoms in total. The molecule has 0 radical (unpaired) electrons. The third-order valence-electron chi connectivity index (χ3n) is 2.61. The monoisotopic (exact) mass is 261 g/mol. The van der Waals surface area contributed by atoms with Gasteiger partial charge in [0.25, 0.3) is 5.69 Å². The van der Waals surface area contributed by atoms with Crippen molar-refractivity contribution < 1.29 is 9.31 Å². The second kappa shape index (κ2) is 5.90. The molecule has 1 fully saturated rings. The molecular weight excluding hydrogens is 249 g/mol. The molecule has 1 aromatic carbocycles. The molecule has 2 rings (SSSR count). The Kier molecular flexibility index (Phi) is 4.80. The number of benzene rings is 1. The van der Waals surface area contributed by atoms with Crippen molar-refractivity contribution in [2.45, 2.75) is 6.04 Å². The van der Waals surface area contributed by atoms with E-state index in [0.717, 1.165) is 19.2 Å². The maximum Gasteiger partial charge on any atom is 0.269 e. The summed E-state index contributed by atoms with van der Waals surface area (Å²) < 4.78 is 13.5. The van der Waals surface area contributed by atoms with Crippen LogP contribution in [-0.2, 0) is 0 Å². The summed E-state index contributed by atoms with van der Waals surface area (Å²) in [6.07, 6.45) is 0. The molecule has 0 bridgehead atoms. The van der Waals surface area contributed by atoms with Crippen molar-refractivity contribution in [2.24, 2.45) is 0 Å². The fourth-order valence-electron chi connectivity index (χ4n) is 1.79. The largest absolute Gasteiger partial charge is 0.314 e. The van der Waals surface area contributed by atoms with Gasteiger partial charge >= 0.3 is 0 Å². The number of hydrogen-bond donors (Lipinski definition) is 2. The molecule has 1 heterocycles. The Morgan fingerprint density at radius 2 is 2.18 bits per heavy atom. The van der Waals surface area contributed by atoms with Gasteiger partial charge in [0.05, 0.1) is 4.92 Å². The van der Waals surface area contributed by atoms with Crippen LogP contribution in [0.15, 0.2) is 18.2 Å². The summed E-state index contributed by atoms with van der Waals surface area (Å²) in [6.45, 7) is 2.14. The topological polar surface area (TPSA) is 67.2 Å². The second-order valence-corrected chi connectivity index (χ2v) is 3.67. The predicted octanol–water partition coefficient (Wildman–Crippen LogP) is 1.39. The van der Waals surface area contributed by atoms with Crippen LogP contribution >= 0.6 is 12.4 Å². The summed E-state index contributed by atoms with van der Waals surface area (Å²) in [5.74, 6) is -0.410. The van der Waals surface area contributed by atoms with Crippen molar-refractivity contribution in [3.05, 3.63) is 39.7 Å². The van der Waals surface area contributed by atoms with Crippen LogP contribution in [0.1, 0.15) is 11.6 Å². The lowest BCUT2D eigenvalue weighted by Crippen LogP contribution is -2.42. The molecule has 7 heteroatoms. The van der Waals surface area contributed by atoms with Gasteiger partial charge < -0.3 is 10.6 Å². The number of nitro groups is 1. The highest BCUT2D eigenvalue weighted by Crippen LogP contribution is 2.23. The Morgan fingerprint density at radius 3 is 2.76 bits per heavy atom. The number of hydrogen-bond acceptors (Lipinski definition) is 4. The Labute approximate surface area is 104 Å². The molecule has 0 aliphatic carbocycles. The van der Waals surface area contributed by atoms with E-state index in [9.17, 15) is 14.5 Å². The minimum Gasteiger partial charge on any atom is -0.314 e. The maximum atomic E-state index is 13.5. The fraction of sp³-hybridized carbons (Fsp3) is 0.400. The molecule has 0 amide bonds. The quantitative estimate of drug-likeness (QED) is 0.624. The van der Waals surface area contributed by atoms with Gasteiger partial charge in [0.15, 0.2) is 0 Å². The number of nitrogens with one attached hydrogen (secondary N) is 2. The predicted molar refractivity (Wildman–Crippen MR) is 63.9 cm³/mol. The van der Waals surface area contributed by atoms with E-state index in [-0.39, 0.29) is 24.1 Å². The first-order valence-corrected chi connectivity index (χ1v) is 5.06. The SMILES string of the molecule is Cl.O=[N+]([O-])c1ccc(F)c([C@H]2CNCCN2)c1. The van der Waals surface area contributed by atoms with Crippen molar-refractivity contribution in [3.8, 4) is 0 Å². The maximum absolute atomic E-state index is 13.5. The smallest absolute Gasteiger partial charge is 0.269 e. The van der Waals surface area contributed by atoms with Gasteiger partial charge in [0.2, 0.25) is 0 Å². The van der Waals surface area contributed by atoms with Crippen LogP contribution in [0.25, 0.3) is 0 Å². The van der Waals surface area contributed by atoms with Crippen LogP contribution in [0.3, 0.4) is 0 Å². The number of piperazine rings is 1. The van der Waals surface area contributed by atoms with E-state index < -0.39 is 10.7 Å². The zero-order valence-electron chi connectivity index (χ0n) is 8.98. The van der Waals surface area contributed by atoms with Crippen LogP contribution in [0.5, 0.6) is 0 Å². The number of rotatable bonds is 2. The van der Waals surface area contributed by atoms with Crippen LogP contribution < -0.4 is 10.6 Å². The van der Waals surface area contributed by atoms with E-state index in [0.29, 0.717) is 12.1 Å².